The summed E-state index contributed by atoms with van der Waals surface area (Å²) in [5.41, 5.74) is 0.784. The van der Waals surface area contributed by atoms with Crippen LogP contribution in [0.4, 0.5) is 5.95 Å². The monoisotopic (exact) mass is 274 g/mol. The lowest BCUT2D eigenvalue weighted by Crippen LogP contribution is -2.28. The first-order valence-corrected chi connectivity index (χ1v) is 7.47. The van der Waals surface area contributed by atoms with E-state index in [2.05, 4.69) is 20.0 Å². The molecule has 0 aliphatic rings. The number of nitrogens with one attached hydrogen (secondary N) is 2. The molecule has 0 radical (unpaired) electrons. The van der Waals surface area contributed by atoms with Crippen LogP contribution in [-0.4, -0.2) is 44.3 Å². The lowest BCUT2D eigenvalue weighted by molar-refractivity contribution is 0.326. The summed E-state index contributed by atoms with van der Waals surface area (Å²) >= 11 is 0. The normalized spacial score (nSPS) is 11.3. The van der Waals surface area contributed by atoms with Crippen molar-refractivity contribution in [1.29, 1.82) is 0 Å². The first kappa shape index (κ1) is 14.7. The Kier molecular flexibility index (Phi) is 5.29. The second-order valence-electron chi connectivity index (χ2n) is 3.70. The summed E-state index contributed by atoms with van der Waals surface area (Å²) in [6.07, 6.45) is 1.11. The highest BCUT2D eigenvalue weighted by Gasteiger charge is 2.03. The van der Waals surface area contributed by atoms with E-state index in [9.17, 15) is 8.42 Å². The van der Waals surface area contributed by atoms with E-state index in [4.69, 9.17) is 4.74 Å². The SMILES string of the molecule is CCOc1cc(C)nc(NCCNS(C)(=O)=O)n1. The molecule has 0 aliphatic heterocycles. The number of sulfonamides is 1. The van der Waals surface area contributed by atoms with Gasteiger partial charge in [-0.25, -0.2) is 18.1 Å². The van der Waals surface area contributed by atoms with Gasteiger partial charge in [0.25, 0.3) is 0 Å². The molecule has 1 heterocycles. The summed E-state index contributed by atoms with van der Waals surface area (Å²) in [7, 11) is -3.16. The van der Waals surface area contributed by atoms with E-state index in [0.29, 0.717) is 25.0 Å². The number of hydrogen-bond donors (Lipinski definition) is 2. The van der Waals surface area contributed by atoms with Gasteiger partial charge in [0, 0.05) is 24.8 Å². The molecule has 0 aromatic carbocycles. The largest absolute Gasteiger partial charge is 0.478 e. The van der Waals surface area contributed by atoms with Crippen molar-refractivity contribution >= 4 is 16.0 Å². The van der Waals surface area contributed by atoms with Crippen LogP contribution in [-0.2, 0) is 10.0 Å². The van der Waals surface area contributed by atoms with Gasteiger partial charge in [0.1, 0.15) is 0 Å². The predicted molar refractivity (Wildman–Crippen MR) is 69.3 cm³/mol. The number of nitrogens with zero attached hydrogens (tertiary/aromatic N) is 2. The van der Waals surface area contributed by atoms with E-state index >= 15 is 0 Å². The van der Waals surface area contributed by atoms with Crippen molar-refractivity contribution in [1.82, 2.24) is 14.7 Å². The highest BCUT2D eigenvalue weighted by Crippen LogP contribution is 2.11. The number of rotatable bonds is 7. The molecule has 1 rings (SSSR count). The first-order valence-electron chi connectivity index (χ1n) is 5.57. The molecule has 0 aliphatic carbocycles. The average Bonchev–Trinajstić information content (AvgIpc) is 2.23. The molecule has 0 bridgehead atoms. The Labute approximate surface area is 107 Å². The second kappa shape index (κ2) is 6.50. The molecule has 1 aromatic rings. The van der Waals surface area contributed by atoms with Gasteiger partial charge in [-0.3, -0.25) is 0 Å². The first-order chi connectivity index (χ1) is 8.40. The molecule has 0 spiro atoms. The summed E-state index contributed by atoms with van der Waals surface area (Å²) in [6, 6.07) is 1.74. The number of hydrogen-bond acceptors (Lipinski definition) is 6. The number of anilines is 1. The van der Waals surface area contributed by atoms with E-state index in [1.165, 1.54) is 0 Å². The van der Waals surface area contributed by atoms with Crippen molar-refractivity contribution in [3.63, 3.8) is 0 Å². The summed E-state index contributed by atoms with van der Waals surface area (Å²) in [4.78, 5) is 8.31. The van der Waals surface area contributed by atoms with Crippen LogP contribution in [0.2, 0.25) is 0 Å². The standard InChI is InChI=1S/C10H18N4O3S/c1-4-17-9-7-8(2)13-10(14-9)11-5-6-12-18(3,15)16/h7,12H,4-6H2,1-3H3,(H,11,13,14). The average molecular weight is 274 g/mol. The summed E-state index contributed by atoms with van der Waals surface area (Å²) in [5, 5.41) is 2.93. The van der Waals surface area contributed by atoms with E-state index < -0.39 is 10.0 Å². The zero-order chi connectivity index (χ0) is 13.6. The molecule has 0 unspecified atom stereocenters. The molecule has 0 fully saturated rings. The smallest absolute Gasteiger partial charge is 0.226 e. The zero-order valence-electron chi connectivity index (χ0n) is 10.7. The van der Waals surface area contributed by atoms with E-state index in [-0.39, 0.29) is 6.54 Å². The topological polar surface area (TPSA) is 93.2 Å². The third kappa shape index (κ3) is 5.78. The number of aromatic nitrogens is 2. The maximum absolute atomic E-state index is 10.8. The maximum Gasteiger partial charge on any atom is 0.226 e. The molecule has 2 N–H and O–H groups in total. The number of aryl methyl sites for hydroxylation is 1. The minimum atomic E-state index is -3.16. The molecule has 1 aromatic heterocycles. The Bertz CT molecular complexity index is 490. The molecule has 18 heavy (non-hydrogen) atoms. The Morgan fingerprint density at radius 2 is 2.06 bits per heavy atom. The molecular formula is C10H18N4O3S. The lowest BCUT2D eigenvalue weighted by atomic mass is 10.4. The van der Waals surface area contributed by atoms with Gasteiger partial charge in [0.15, 0.2) is 0 Å². The van der Waals surface area contributed by atoms with Crippen LogP contribution in [0.15, 0.2) is 6.07 Å². The van der Waals surface area contributed by atoms with Crippen LogP contribution >= 0.6 is 0 Å². The second-order valence-corrected chi connectivity index (χ2v) is 5.53. The van der Waals surface area contributed by atoms with Gasteiger partial charge < -0.3 is 10.1 Å². The van der Waals surface area contributed by atoms with Crippen molar-refractivity contribution in [2.24, 2.45) is 0 Å². The fourth-order valence-electron chi connectivity index (χ4n) is 1.25. The van der Waals surface area contributed by atoms with Crippen LogP contribution in [0.3, 0.4) is 0 Å². The molecule has 8 heteroatoms. The summed E-state index contributed by atoms with van der Waals surface area (Å²) in [6.45, 7) is 4.93. The van der Waals surface area contributed by atoms with Crippen LogP contribution in [0.1, 0.15) is 12.6 Å². The fourth-order valence-corrected chi connectivity index (χ4v) is 1.72. The minimum absolute atomic E-state index is 0.278. The Balaban J connectivity index is 2.51. The van der Waals surface area contributed by atoms with Crippen molar-refractivity contribution in [2.75, 3.05) is 31.3 Å². The molecule has 0 atom stereocenters. The van der Waals surface area contributed by atoms with Gasteiger partial charge in [0.05, 0.1) is 12.9 Å². The van der Waals surface area contributed by atoms with Crippen molar-refractivity contribution in [2.45, 2.75) is 13.8 Å². The summed E-state index contributed by atoms with van der Waals surface area (Å²) < 4.78 is 29.3. The highest BCUT2D eigenvalue weighted by atomic mass is 32.2. The van der Waals surface area contributed by atoms with Crippen molar-refractivity contribution < 1.29 is 13.2 Å². The molecule has 0 amide bonds. The van der Waals surface area contributed by atoms with Crippen LogP contribution < -0.4 is 14.8 Å². The zero-order valence-corrected chi connectivity index (χ0v) is 11.5. The van der Waals surface area contributed by atoms with Gasteiger partial charge in [0.2, 0.25) is 21.9 Å². The van der Waals surface area contributed by atoms with Gasteiger partial charge in [-0.1, -0.05) is 0 Å². The Morgan fingerprint density at radius 3 is 2.67 bits per heavy atom. The molecular weight excluding hydrogens is 256 g/mol. The highest BCUT2D eigenvalue weighted by molar-refractivity contribution is 7.88. The van der Waals surface area contributed by atoms with Gasteiger partial charge in [-0.2, -0.15) is 4.98 Å². The van der Waals surface area contributed by atoms with Crippen LogP contribution in [0.25, 0.3) is 0 Å². The molecule has 102 valence electrons. The molecule has 0 saturated heterocycles. The van der Waals surface area contributed by atoms with Crippen LogP contribution in [0, 0.1) is 6.92 Å². The maximum atomic E-state index is 10.8. The van der Waals surface area contributed by atoms with E-state index in [1.807, 2.05) is 13.8 Å². The number of ether oxygens (including phenoxy) is 1. The van der Waals surface area contributed by atoms with Crippen molar-refractivity contribution in [3.05, 3.63) is 11.8 Å². The van der Waals surface area contributed by atoms with E-state index in [1.54, 1.807) is 6.07 Å². The third-order valence-electron chi connectivity index (χ3n) is 1.90. The predicted octanol–water partition coefficient (Wildman–Crippen LogP) is 0.145. The third-order valence-corrected chi connectivity index (χ3v) is 2.62. The van der Waals surface area contributed by atoms with Gasteiger partial charge in [-0.05, 0) is 13.8 Å². The van der Waals surface area contributed by atoms with Gasteiger partial charge in [-0.15, -0.1) is 0 Å². The Morgan fingerprint density at radius 1 is 1.33 bits per heavy atom. The molecule has 7 nitrogen and oxygen atoms in total. The van der Waals surface area contributed by atoms with Crippen molar-refractivity contribution in [3.8, 4) is 5.88 Å². The molecule has 0 saturated carbocycles. The minimum Gasteiger partial charge on any atom is -0.478 e. The van der Waals surface area contributed by atoms with Gasteiger partial charge >= 0.3 is 0 Å². The lowest BCUT2D eigenvalue weighted by Gasteiger charge is -2.08. The Hall–Kier alpha value is -1.41. The fraction of sp³-hybridized carbons (Fsp3) is 0.600. The van der Waals surface area contributed by atoms with Crippen LogP contribution in [0.5, 0.6) is 5.88 Å². The van der Waals surface area contributed by atoms with E-state index in [0.717, 1.165) is 11.9 Å². The quantitative estimate of drug-likeness (QED) is 0.687. The summed E-state index contributed by atoms with van der Waals surface area (Å²) in [5.74, 6) is 0.928.